The van der Waals surface area contributed by atoms with Crippen molar-refractivity contribution in [2.45, 2.75) is 22.9 Å². The summed E-state index contributed by atoms with van der Waals surface area (Å²) in [5.74, 6) is -0.0359. The second kappa shape index (κ2) is 8.35. The van der Waals surface area contributed by atoms with Gasteiger partial charge in [-0.1, -0.05) is 48.2 Å². The minimum atomic E-state index is -0.853. The van der Waals surface area contributed by atoms with E-state index in [0.29, 0.717) is 12.2 Å². The molecule has 0 amide bonds. The average molecular weight is 351 g/mol. The van der Waals surface area contributed by atoms with Crippen LogP contribution in [0.1, 0.15) is 11.1 Å². The fourth-order valence-corrected chi connectivity index (χ4v) is 2.97. The molecular weight excluding hydrogens is 334 g/mol. The summed E-state index contributed by atoms with van der Waals surface area (Å²) in [7, 11) is 0. The van der Waals surface area contributed by atoms with Crippen molar-refractivity contribution >= 4 is 17.7 Å². The number of carbonyl (C=O) groups is 1. The van der Waals surface area contributed by atoms with Gasteiger partial charge in [-0.05, 0) is 41.5 Å². The molecule has 1 aromatic heterocycles. The number of hydrogen-bond donors (Lipinski definition) is 1. The number of pyridine rings is 1. The van der Waals surface area contributed by atoms with Gasteiger partial charge in [0.25, 0.3) is 0 Å². The van der Waals surface area contributed by atoms with E-state index in [4.69, 9.17) is 9.84 Å². The molecule has 0 atom stereocenters. The van der Waals surface area contributed by atoms with E-state index in [1.165, 1.54) is 11.8 Å². The van der Waals surface area contributed by atoms with Gasteiger partial charge in [0, 0.05) is 11.1 Å². The zero-order valence-corrected chi connectivity index (χ0v) is 14.3. The van der Waals surface area contributed by atoms with Crippen molar-refractivity contribution in [3.8, 4) is 5.75 Å². The van der Waals surface area contributed by atoms with E-state index in [1.54, 1.807) is 12.3 Å². The van der Waals surface area contributed by atoms with Crippen molar-refractivity contribution in [1.82, 2.24) is 4.98 Å². The SMILES string of the molecule is O=C(O)Cc1ccc(Sc2ccc(OCc3ccccc3)cc2)nc1. The van der Waals surface area contributed by atoms with Crippen LogP contribution in [0.4, 0.5) is 0 Å². The summed E-state index contributed by atoms with van der Waals surface area (Å²) in [6, 6.07) is 21.5. The molecule has 0 aliphatic carbocycles. The van der Waals surface area contributed by atoms with Crippen molar-refractivity contribution in [3.05, 3.63) is 84.1 Å². The maximum absolute atomic E-state index is 10.7. The Morgan fingerprint density at radius 1 is 0.960 bits per heavy atom. The molecule has 0 saturated carbocycles. The second-order valence-corrected chi connectivity index (χ2v) is 6.52. The van der Waals surface area contributed by atoms with Crippen LogP contribution >= 0.6 is 11.8 Å². The van der Waals surface area contributed by atoms with Gasteiger partial charge in [0.05, 0.1) is 6.42 Å². The van der Waals surface area contributed by atoms with E-state index in [1.807, 2.05) is 60.7 Å². The molecule has 5 heteroatoms. The Hall–Kier alpha value is -2.79. The molecule has 0 spiro atoms. The predicted molar refractivity (Wildman–Crippen MR) is 96.9 cm³/mol. The third kappa shape index (κ3) is 5.36. The number of benzene rings is 2. The van der Waals surface area contributed by atoms with Crippen molar-refractivity contribution in [3.63, 3.8) is 0 Å². The van der Waals surface area contributed by atoms with Gasteiger partial charge in [0.2, 0.25) is 0 Å². The summed E-state index contributed by atoms with van der Waals surface area (Å²) in [5, 5.41) is 9.60. The number of aromatic nitrogens is 1. The van der Waals surface area contributed by atoms with Crippen LogP contribution in [0.5, 0.6) is 5.75 Å². The first-order valence-electron chi connectivity index (χ1n) is 7.80. The smallest absolute Gasteiger partial charge is 0.307 e. The lowest BCUT2D eigenvalue weighted by Gasteiger charge is -2.07. The van der Waals surface area contributed by atoms with Crippen LogP contribution < -0.4 is 4.74 Å². The Kier molecular flexibility index (Phi) is 5.69. The Labute approximate surface area is 150 Å². The van der Waals surface area contributed by atoms with Crippen LogP contribution in [-0.2, 0) is 17.8 Å². The number of aliphatic carboxylic acids is 1. The monoisotopic (exact) mass is 351 g/mol. The Bertz CT molecular complexity index is 818. The Morgan fingerprint density at radius 3 is 2.36 bits per heavy atom. The molecule has 2 aromatic carbocycles. The molecule has 25 heavy (non-hydrogen) atoms. The van der Waals surface area contributed by atoms with Crippen LogP contribution in [-0.4, -0.2) is 16.1 Å². The maximum atomic E-state index is 10.7. The molecule has 3 rings (SSSR count). The summed E-state index contributed by atoms with van der Waals surface area (Å²) in [6.45, 7) is 0.542. The normalized spacial score (nSPS) is 10.4. The molecule has 0 fully saturated rings. The van der Waals surface area contributed by atoms with Crippen LogP contribution in [0, 0.1) is 0 Å². The zero-order valence-electron chi connectivity index (χ0n) is 13.5. The number of carboxylic acid groups (broad SMARTS) is 1. The Morgan fingerprint density at radius 2 is 1.72 bits per heavy atom. The number of carboxylic acids is 1. The van der Waals surface area contributed by atoms with E-state index in [2.05, 4.69) is 4.98 Å². The molecule has 0 aliphatic heterocycles. The van der Waals surface area contributed by atoms with Gasteiger partial charge in [0.1, 0.15) is 17.4 Å². The molecule has 3 aromatic rings. The van der Waals surface area contributed by atoms with E-state index in [9.17, 15) is 4.79 Å². The van der Waals surface area contributed by atoms with Crippen molar-refractivity contribution in [2.75, 3.05) is 0 Å². The quantitative estimate of drug-likeness (QED) is 0.682. The topological polar surface area (TPSA) is 59.4 Å². The summed E-state index contributed by atoms with van der Waals surface area (Å²) < 4.78 is 5.77. The zero-order chi connectivity index (χ0) is 17.5. The largest absolute Gasteiger partial charge is 0.489 e. The lowest BCUT2D eigenvalue weighted by molar-refractivity contribution is -0.136. The van der Waals surface area contributed by atoms with Gasteiger partial charge >= 0.3 is 5.97 Å². The lowest BCUT2D eigenvalue weighted by Crippen LogP contribution is -2.00. The lowest BCUT2D eigenvalue weighted by atomic mass is 10.2. The Balaban J connectivity index is 1.56. The third-order valence-corrected chi connectivity index (χ3v) is 4.41. The summed E-state index contributed by atoms with van der Waals surface area (Å²) in [6.07, 6.45) is 1.60. The number of hydrogen-bond acceptors (Lipinski definition) is 4. The second-order valence-electron chi connectivity index (χ2n) is 5.42. The molecular formula is C20H17NO3S. The van der Waals surface area contributed by atoms with Gasteiger partial charge < -0.3 is 9.84 Å². The number of rotatable bonds is 7. The van der Waals surface area contributed by atoms with Gasteiger partial charge in [-0.15, -0.1) is 0 Å². The van der Waals surface area contributed by atoms with Gasteiger partial charge in [-0.2, -0.15) is 0 Å². The highest BCUT2D eigenvalue weighted by Gasteiger charge is 2.03. The number of nitrogens with zero attached hydrogens (tertiary/aromatic N) is 1. The fraction of sp³-hybridized carbons (Fsp3) is 0.100. The molecule has 4 nitrogen and oxygen atoms in total. The van der Waals surface area contributed by atoms with E-state index in [-0.39, 0.29) is 6.42 Å². The molecule has 0 aliphatic rings. The average Bonchev–Trinajstić information content (AvgIpc) is 2.63. The molecule has 1 heterocycles. The van der Waals surface area contributed by atoms with E-state index in [0.717, 1.165) is 21.2 Å². The van der Waals surface area contributed by atoms with E-state index >= 15 is 0 Å². The first kappa shape index (κ1) is 17.0. The molecule has 0 unspecified atom stereocenters. The minimum absolute atomic E-state index is 0.00853. The van der Waals surface area contributed by atoms with Gasteiger partial charge in [0.15, 0.2) is 0 Å². The summed E-state index contributed by atoms with van der Waals surface area (Å²) in [5.41, 5.74) is 1.83. The van der Waals surface area contributed by atoms with E-state index < -0.39 is 5.97 Å². The van der Waals surface area contributed by atoms with Crippen LogP contribution in [0.15, 0.2) is 82.8 Å². The molecule has 1 N–H and O–H groups in total. The van der Waals surface area contributed by atoms with Crippen LogP contribution in [0.25, 0.3) is 0 Å². The van der Waals surface area contributed by atoms with Crippen molar-refractivity contribution in [2.24, 2.45) is 0 Å². The summed E-state index contributed by atoms with van der Waals surface area (Å²) >= 11 is 1.52. The van der Waals surface area contributed by atoms with Crippen LogP contribution in [0.2, 0.25) is 0 Å². The van der Waals surface area contributed by atoms with Crippen LogP contribution in [0.3, 0.4) is 0 Å². The first-order valence-corrected chi connectivity index (χ1v) is 8.62. The van der Waals surface area contributed by atoms with Gasteiger partial charge in [-0.3, -0.25) is 4.79 Å². The first-order chi connectivity index (χ1) is 12.2. The fourth-order valence-electron chi connectivity index (χ4n) is 2.22. The molecule has 0 bridgehead atoms. The highest BCUT2D eigenvalue weighted by molar-refractivity contribution is 7.99. The third-order valence-electron chi connectivity index (χ3n) is 3.45. The van der Waals surface area contributed by atoms with Crippen molar-refractivity contribution in [1.29, 1.82) is 0 Å². The molecule has 0 radical (unpaired) electrons. The molecule has 0 saturated heterocycles. The number of ether oxygens (including phenoxy) is 1. The standard InChI is InChI=1S/C20H17NO3S/c22-20(23)12-16-6-11-19(21-13-16)25-18-9-7-17(8-10-18)24-14-15-4-2-1-3-5-15/h1-11,13H,12,14H2,(H,22,23). The minimum Gasteiger partial charge on any atom is -0.489 e. The summed E-state index contributed by atoms with van der Waals surface area (Å²) in [4.78, 5) is 16.0. The highest BCUT2D eigenvalue weighted by Crippen LogP contribution is 2.27. The van der Waals surface area contributed by atoms with Crippen molar-refractivity contribution < 1.29 is 14.6 Å². The maximum Gasteiger partial charge on any atom is 0.307 e. The predicted octanol–water partition coefficient (Wildman–Crippen LogP) is 4.44. The van der Waals surface area contributed by atoms with Gasteiger partial charge in [-0.25, -0.2) is 4.98 Å². The molecule has 126 valence electrons. The highest BCUT2D eigenvalue weighted by atomic mass is 32.2.